The van der Waals surface area contributed by atoms with Crippen LogP contribution in [0.5, 0.6) is 0 Å². The van der Waals surface area contributed by atoms with Gasteiger partial charge in [-0.1, -0.05) is 6.58 Å². The van der Waals surface area contributed by atoms with Crippen molar-refractivity contribution in [3.05, 3.63) is 30.9 Å². The van der Waals surface area contributed by atoms with Gasteiger partial charge in [-0.05, 0) is 33.3 Å². The standard InChI is InChI=1S/C15H23N3O3S/c1-6-21-14(19)12(18-22(20)15(3,4)5)9-11(2)13-10-16-7-8-17-13/h7-8,10,12,18H,2,6,9H2,1,3-5H3/t12-,22?/m0/s1. The van der Waals surface area contributed by atoms with E-state index in [2.05, 4.69) is 21.3 Å². The fourth-order valence-electron chi connectivity index (χ4n) is 1.55. The molecule has 1 aromatic heterocycles. The van der Waals surface area contributed by atoms with E-state index in [-0.39, 0.29) is 13.0 Å². The van der Waals surface area contributed by atoms with Crippen molar-refractivity contribution in [3.63, 3.8) is 0 Å². The normalized spacial score (nSPS) is 14.2. The molecule has 1 aromatic rings. The molecule has 0 spiro atoms. The molecule has 0 amide bonds. The summed E-state index contributed by atoms with van der Waals surface area (Å²) in [4.78, 5) is 20.2. The Bertz CT molecular complexity index is 541. The van der Waals surface area contributed by atoms with Gasteiger partial charge in [0.2, 0.25) is 0 Å². The van der Waals surface area contributed by atoms with Gasteiger partial charge in [0.25, 0.3) is 0 Å². The highest BCUT2D eigenvalue weighted by Gasteiger charge is 2.28. The van der Waals surface area contributed by atoms with Crippen LogP contribution in [0, 0.1) is 0 Å². The minimum absolute atomic E-state index is 0.249. The predicted molar refractivity (Wildman–Crippen MR) is 87.1 cm³/mol. The fourth-order valence-corrected chi connectivity index (χ4v) is 2.35. The van der Waals surface area contributed by atoms with Crippen molar-refractivity contribution in [2.75, 3.05) is 6.61 Å². The fraction of sp³-hybridized carbons (Fsp3) is 0.533. The number of aromatic nitrogens is 2. The average molecular weight is 325 g/mol. The lowest BCUT2D eigenvalue weighted by molar-refractivity contribution is -0.144. The number of hydrogen-bond donors (Lipinski definition) is 1. The van der Waals surface area contributed by atoms with Gasteiger partial charge < -0.3 is 4.74 Å². The predicted octanol–water partition coefficient (Wildman–Crippen LogP) is 1.86. The second kappa shape index (κ2) is 8.14. The molecule has 2 atom stereocenters. The van der Waals surface area contributed by atoms with Crippen LogP contribution in [0.1, 0.15) is 39.8 Å². The van der Waals surface area contributed by atoms with Gasteiger partial charge in [0, 0.05) is 18.8 Å². The monoisotopic (exact) mass is 325 g/mol. The lowest BCUT2D eigenvalue weighted by Gasteiger charge is -2.23. The number of rotatable bonds is 7. The average Bonchev–Trinajstić information content (AvgIpc) is 2.46. The van der Waals surface area contributed by atoms with E-state index in [1.807, 2.05) is 20.8 Å². The van der Waals surface area contributed by atoms with Crippen LogP contribution in [0.2, 0.25) is 0 Å². The Morgan fingerprint density at radius 2 is 2.14 bits per heavy atom. The Kier molecular flexibility index (Phi) is 6.83. The summed E-state index contributed by atoms with van der Waals surface area (Å²) in [5.41, 5.74) is 1.23. The van der Waals surface area contributed by atoms with Gasteiger partial charge in [0.1, 0.15) is 6.04 Å². The first-order chi connectivity index (χ1) is 10.3. The van der Waals surface area contributed by atoms with E-state index in [9.17, 15) is 9.00 Å². The topological polar surface area (TPSA) is 81.2 Å². The maximum atomic E-state index is 12.2. The Labute approximate surface area is 134 Å². The number of nitrogens with zero attached hydrogens (tertiary/aromatic N) is 2. The molecular formula is C15H23N3O3S. The first-order valence-corrected chi connectivity index (χ1v) is 8.19. The van der Waals surface area contributed by atoms with Crippen molar-refractivity contribution in [2.24, 2.45) is 0 Å². The highest BCUT2D eigenvalue weighted by atomic mass is 32.2. The van der Waals surface area contributed by atoms with Gasteiger partial charge in [-0.3, -0.25) is 14.8 Å². The van der Waals surface area contributed by atoms with Gasteiger partial charge in [0.05, 0.1) is 34.2 Å². The zero-order valence-corrected chi connectivity index (χ0v) is 14.3. The zero-order valence-electron chi connectivity index (χ0n) is 13.5. The molecule has 1 heterocycles. The molecule has 122 valence electrons. The number of hydrogen-bond acceptors (Lipinski definition) is 5. The van der Waals surface area contributed by atoms with E-state index < -0.39 is 27.7 Å². The lowest BCUT2D eigenvalue weighted by Crippen LogP contribution is -2.44. The summed E-state index contributed by atoms with van der Waals surface area (Å²) >= 11 is 0. The van der Waals surface area contributed by atoms with Crippen LogP contribution >= 0.6 is 0 Å². The van der Waals surface area contributed by atoms with Crippen LogP contribution in [-0.4, -0.2) is 37.5 Å². The molecular weight excluding hydrogens is 302 g/mol. The molecule has 0 saturated heterocycles. The molecule has 0 fully saturated rings. The smallest absolute Gasteiger partial charge is 0.324 e. The summed E-state index contributed by atoms with van der Waals surface area (Å²) in [5.74, 6) is -0.454. The minimum atomic E-state index is -1.39. The first kappa shape index (κ1) is 18.4. The number of esters is 1. The maximum Gasteiger partial charge on any atom is 0.324 e. The van der Waals surface area contributed by atoms with Crippen LogP contribution in [-0.2, 0) is 20.5 Å². The van der Waals surface area contributed by atoms with E-state index in [1.165, 1.54) is 0 Å². The molecule has 1 N–H and O–H groups in total. The second-order valence-electron chi connectivity index (χ2n) is 5.70. The van der Waals surface area contributed by atoms with E-state index >= 15 is 0 Å². The van der Waals surface area contributed by atoms with Crippen LogP contribution in [0.3, 0.4) is 0 Å². The Morgan fingerprint density at radius 1 is 1.45 bits per heavy atom. The third-order valence-electron chi connectivity index (χ3n) is 2.75. The molecule has 0 aliphatic heterocycles. The minimum Gasteiger partial charge on any atom is -0.465 e. The summed E-state index contributed by atoms with van der Waals surface area (Å²) in [7, 11) is -1.39. The molecule has 0 aromatic carbocycles. The highest BCUT2D eigenvalue weighted by Crippen LogP contribution is 2.17. The summed E-state index contributed by atoms with van der Waals surface area (Å²) < 4.78 is 19.6. The third-order valence-corrected chi connectivity index (χ3v) is 4.36. The molecule has 7 heteroatoms. The van der Waals surface area contributed by atoms with Gasteiger partial charge in [-0.15, -0.1) is 0 Å². The number of carbonyl (C=O) groups excluding carboxylic acids is 1. The molecule has 0 bridgehead atoms. The van der Waals surface area contributed by atoms with Crippen molar-refractivity contribution in [2.45, 2.75) is 44.9 Å². The maximum absolute atomic E-state index is 12.2. The molecule has 6 nitrogen and oxygen atoms in total. The molecule has 0 aliphatic rings. The van der Waals surface area contributed by atoms with Crippen LogP contribution in [0.15, 0.2) is 25.2 Å². The largest absolute Gasteiger partial charge is 0.465 e. The van der Waals surface area contributed by atoms with E-state index in [1.54, 1.807) is 25.5 Å². The van der Waals surface area contributed by atoms with Gasteiger partial charge in [-0.2, -0.15) is 0 Å². The number of carbonyl (C=O) groups is 1. The van der Waals surface area contributed by atoms with Crippen molar-refractivity contribution in [1.82, 2.24) is 14.7 Å². The van der Waals surface area contributed by atoms with Crippen LogP contribution in [0.4, 0.5) is 0 Å². The van der Waals surface area contributed by atoms with Crippen molar-refractivity contribution in [3.8, 4) is 0 Å². The van der Waals surface area contributed by atoms with Gasteiger partial charge in [0.15, 0.2) is 0 Å². The molecule has 0 saturated carbocycles. The van der Waals surface area contributed by atoms with Crippen LogP contribution < -0.4 is 4.72 Å². The summed E-state index contributed by atoms with van der Waals surface area (Å²) in [6.45, 7) is 11.4. The van der Waals surface area contributed by atoms with Gasteiger partial charge in [-0.25, -0.2) is 8.93 Å². The van der Waals surface area contributed by atoms with Crippen molar-refractivity contribution < 1.29 is 13.7 Å². The molecule has 1 unspecified atom stereocenters. The first-order valence-electron chi connectivity index (χ1n) is 7.04. The van der Waals surface area contributed by atoms with Gasteiger partial charge >= 0.3 is 5.97 Å². The number of ether oxygens (including phenoxy) is 1. The summed E-state index contributed by atoms with van der Waals surface area (Å²) in [5, 5.41) is 0. The molecule has 1 rings (SSSR count). The molecule has 0 aliphatic carbocycles. The van der Waals surface area contributed by atoms with Crippen molar-refractivity contribution in [1.29, 1.82) is 0 Å². The quantitative estimate of drug-likeness (QED) is 0.774. The second-order valence-corrected chi connectivity index (χ2v) is 7.70. The van der Waals surface area contributed by atoms with Crippen LogP contribution in [0.25, 0.3) is 5.57 Å². The van der Waals surface area contributed by atoms with E-state index in [4.69, 9.17) is 4.74 Å². The zero-order chi connectivity index (χ0) is 16.8. The summed E-state index contributed by atoms with van der Waals surface area (Å²) in [6.07, 6.45) is 4.94. The lowest BCUT2D eigenvalue weighted by atomic mass is 10.1. The van der Waals surface area contributed by atoms with Crippen molar-refractivity contribution >= 4 is 22.5 Å². The highest BCUT2D eigenvalue weighted by molar-refractivity contribution is 7.84. The SMILES string of the molecule is C=C(C[C@H](NS(=O)C(C)(C)C)C(=O)OCC)c1cnccn1. The molecule has 0 radical (unpaired) electrons. The van der Waals surface area contributed by atoms with E-state index in [0.717, 1.165) is 0 Å². The Balaban J connectivity index is 2.85. The molecule has 22 heavy (non-hydrogen) atoms. The Hall–Kier alpha value is -1.60. The summed E-state index contributed by atoms with van der Waals surface area (Å²) in [6, 6.07) is -0.741. The van der Waals surface area contributed by atoms with E-state index in [0.29, 0.717) is 11.3 Å². The third kappa shape index (κ3) is 5.65. The number of nitrogens with one attached hydrogen (secondary N) is 1. The Morgan fingerprint density at radius 3 is 2.64 bits per heavy atom.